The minimum Gasteiger partial charge on any atom is -0.464 e. The summed E-state index contributed by atoms with van der Waals surface area (Å²) in [5, 5.41) is 2.53. The number of hydrogen-bond acceptors (Lipinski definition) is 8. The van der Waals surface area contributed by atoms with Gasteiger partial charge in [-0.2, -0.15) is 13.2 Å². The van der Waals surface area contributed by atoms with Crippen molar-refractivity contribution >= 4 is 29.5 Å². The third kappa shape index (κ3) is 10.7. The standard InChI is InChI=1S/C20H30F3N2O8PS/c1-5-32-34(28,33-6-2)17(19(27)31-12-11-24-35(4,29)30)13-18(26)25-14(3)15-7-9-16(10-8-15)20(21,22)23/h7-10,14,17,24H,5-6,11-13H2,1-4H3,(H,25,26)/t14-,17?/m0/s1. The van der Waals surface area contributed by atoms with E-state index in [4.69, 9.17) is 13.8 Å². The van der Waals surface area contributed by atoms with Gasteiger partial charge in [0.2, 0.25) is 15.9 Å². The van der Waals surface area contributed by atoms with Crippen molar-refractivity contribution in [1.29, 1.82) is 0 Å². The normalized spacial score (nSPS) is 14.3. The van der Waals surface area contributed by atoms with E-state index in [2.05, 4.69) is 10.0 Å². The molecule has 1 rings (SSSR count). The Kier molecular flexibility index (Phi) is 11.8. The number of ether oxygens (including phenoxy) is 1. The molecule has 10 nitrogen and oxygen atoms in total. The molecule has 0 heterocycles. The van der Waals surface area contributed by atoms with E-state index in [1.807, 2.05) is 0 Å². The summed E-state index contributed by atoms with van der Waals surface area (Å²) in [6.07, 6.45) is -4.26. The Balaban J connectivity index is 2.97. The van der Waals surface area contributed by atoms with Crippen LogP contribution in [0.5, 0.6) is 0 Å². The van der Waals surface area contributed by atoms with Gasteiger partial charge in [0.25, 0.3) is 0 Å². The van der Waals surface area contributed by atoms with Gasteiger partial charge in [-0.15, -0.1) is 0 Å². The van der Waals surface area contributed by atoms with Crippen molar-refractivity contribution in [3.63, 3.8) is 0 Å². The highest BCUT2D eigenvalue weighted by molar-refractivity contribution is 7.88. The molecule has 0 radical (unpaired) electrons. The highest BCUT2D eigenvalue weighted by Gasteiger charge is 2.44. The Morgan fingerprint density at radius 3 is 2.09 bits per heavy atom. The topological polar surface area (TPSA) is 137 Å². The second-order valence-electron chi connectivity index (χ2n) is 7.34. The molecule has 2 atom stereocenters. The van der Waals surface area contributed by atoms with Gasteiger partial charge < -0.3 is 19.1 Å². The van der Waals surface area contributed by atoms with Crippen molar-refractivity contribution in [2.45, 2.75) is 45.1 Å². The fourth-order valence-electron chi connectivity index (χ4n) is 2.90. The van der Waals surface area contributed by atoms with Crippen LogP contribution >= 0.6 is 7.60 Å². The second kappa shape index (κ2) is 13.4. The quantitative estimate of drug-likeness (QED) is 0.206. The van der Waals surface area contributed by atoms with Gasteiger partial charge in [-0.05, 0) is 38.5 Å². The van der Waals surface area contributed by atoms with E-state index in [1.165, 1.54) is 32.9 Å². The summed E-state index contributed by atoms with van der Waals surface area (Å²) in [6.45, 7) is 3.70. The third-order valence-electron chi connectivity index (χ3n) is 4.48. The number of benzene rings is 1. The number of hydrogen-bond donors (Lipinski definition) is 2. The van der Waals surface area contributed by atoms with Crippen LogP contribution in [0.3, 0.4) is 0 Å². The molecular formula is C20H30F3N2O8PS. The predicted octanol–water partition coefficient (Wildman–Crippen LogP) is 3.00. The van der Waals surface area contributed by atoms with Gasteiger partial charge in [-0.1, -0.05) is 12.1 Å². The Morgan fingerprint density at radius 1 is 1.09 bits per heavy atom. The first-order valence-electron chi connectivity index (χ1n) is 10.6. The molecule has 1 aromatic carbocycles. The molecule has 200 valence electrons. The molecule has 1 aromatic rings. The molecule has 0 saturated carbocycles. The highest BCUT2D eigenvalue weighted by atomic mass is 32.2. The van der Waals surface area contributed by atoms with Crippen LogP contribution in [0.1, 0.15) is 44.4 Å². The lowest BCUT2D eigenvalue weighted by Crippen LogP contribution is -2.36. The number of nitrogens with one attached hydrogen (secondary N) is 2. The number of carbonyl (C=O) groups excluding carboxylic acids is 2. The number of alkyl halides is 3. The number of sulfonamides is 1. The summed E-state index contributed by atoms with van der Waals surface area (Å²) in [4.78, 5) is 25.3. The van der Waals surface area contributed by atoms with E-state index in [9.17, 15) is 35.7 Å². The van der Waals surface area contributed by atoms with Crippen molar-refractivity contribution in [3.8, 4) is 0 Å². The molecule has 0 spiro atoms. The zero-order valence-electron chi connectivity index (χ0n) is 19.8. The largest absolute Gasteiger partial charge is 0.464 e. The van der Waals surface area contributed by atoms with Crippen molar-refractivity contribution in [2.75, 3.05) is 32.6 Å². The van der Waals surface area contributed by atoms with Crippen molar-refractivity contribution in [3.05, 3.63) is 35.4 Å². The minimum atomic E-state index is -4.50. The lowest BCUT2D eigenvalue weighted by atomic mass is 10.1. The van der Waals surface area contributed by atoms with Crippen LogP contribution in [-0.2, 0) is 44.1 Å². The van der Waals surface area contributed by atoms with Crippen molar-refractivity contribution in [1.82, 2.24) is 10.0 Å². The summed E-state index contributed by atoms with van der Waals surface area (Å²) in [6, 6.07) is 3.43. The molecule has 0 aromatic heterocycles. The summed E-state index contributed by atoms with van der Waals surface area (Å²) < 4.78 is 91.2. The monoisotopic (exact) mass is 546 g/mol. The van der Waals surface area contributed by atoms with E-state index in [1.54, 1.807) is 0 Å². The van der Waals surface area contributed by atoms with Gasteiger partial charge in [0.1, 0.15) is 6.61 Å². The van der Waals surface area contributed by atoms with E-state index in [-0.39, 0.29) is 19.8 Å². The van der Waals surface area contributed by atoms with Crippen LogP contribution in [0.2, 0.25) is 0 Å². The molecular weight excluding hydrogens is 516 g/mol. The maximum absolute atomic E-state index is 13.2. The van der Waals surface area contributed by atoms with Crippen LogP contribution in [-0.4, -0.2) is 58.6 Å². The number of halogens is 3. The van der Waals surface area contributed by atoms with E-state index < -0.39 is 66.0 Å². The van der Waals surface area contributed by atoms with Crippen molar-refractivity contribution in [2.24, 2.45) is 0 Å². The van der Waals surface area contributed by atoms with Crippen LogP contribution in [0.15, 0.2) is 24.3 Å². The molecule has 0 bridgehead atoms. The molecule has 15 heteroatoms. The van der Waals surface area contributed by atoms with Crippen LogP contribution < -0.4 is 10.0 Å². The molecule has 2 N–H and O–H groups in total. The highest BCUT2D eigenvalue weighted by Crippen LogP contribution is 2.54. The van der Waals surface area contributed by atoms with Crippen LogP contribution in [0.4, 0.5) is 13.2 Å². The summed E-state index contributed by atoms with van der Waals surface area (Å²) in [5.41, 5.74) is -2.13. The SMILES string of the molecule is CCOP(=O)(OCC)C(CC(=O)N[C@@H](C)c1ccc(C(F)(F)F)cc1)C(=O)OCCNS(C)(=O)=O. The molecule has 1 unspecified atom stereocenters. The zero-order chi connectivity index (χ0) is 26.9. The van der Waals surface area contributed by atoms with E-state index >= 15 is 0 Å². The number of rotatable bonds is 14. The Hall–Kier alpha value is -1.99. The van der Waals surface area contributed by atoms with E-state index in [0.29, 0.717) is 5.56 Å². The molecule has 0 aliphatic carbocycles. The lowest BCUT2D eigenvalue weighted by molar-refractivity contribution is -0.144. The predicted molar refractivity (Wildman–Crippen MR) is 121 cm³/mol. The first-order valence-corrected chi connectivity index (χ1v) is 14.1. The van der Waals surface area contributed by atoms with Crippen molar-refractivity contribution < 1.29 is 49.5 Å². The number of esters is 1. The minimum absolute atomic E-state index is 0.0970. The number of carbonyl (C=O) groups is 2. The van der Waals surface area contributed by atoms with Crippen LogP contribution in [0, 0.1) is 0 Å². The Labute approximate surface area is 202 Å². The van der Waals surface area contributed by atoms with Gasteiger partial charge in [0.05, 0.1) is 37.5 Å². The maximum Gasteiger partial charge on any atom is 0.416 e. The summed E-state index contributed by atoms with van der Waals surface area (Å²) >= 11 is 0. The third-order valence-corrected chi connectivity index (χ3v) is 7.60. The van der Waals surface area contributed by atoms with E-state index in [0.717, 1.165) is 18.4 Å². The molecule has 0 aliphatic heterocycles. The zero-order valence-corrected chi connectivity index (χ0v) is 21.5. The fraction of sp³-hybridized carbons (Fsp3) is 0.600. The van der Waals surface area contributed by atoms with Gasteiger partial charge in [0.15, 0.2) is 5.66 Å². The Bertz CT molecular complexity index is 993. The number of amides is 1. The lowest BCUT2D eigenvalue weighted by Gasteiger charge is -2.25. The van der Waals surface area contributed by atoms with Crippen LogP contribution in [0.25, 0.3) is 0 Å². The molecule has 0 fully saturated rings. The second-order valence-corrected chi connectivity index (χ2v) is 11.4. The van der Waals surface area contributed by atoms with Gasteiger partial charge in [-0.3, -0.25) is 14.2 Å². The smallest absolute Gasteiger partial charge is 0.416 e. The molecule has 35 heavy (non-hydrogen) atoms. The molecule has 0 aliphatic rings. The average Bonchev–Trinajstić information content (AvgIpc) is 2.74. The molecule has 1 amide bonds. The summed E-state index contributed by atoms with van der Waals surface area (Å²) in [7, 11) is -7.69. The van der Waals surface area contributed by atoms with Gasteiger partial charge in [0, 0.05) is 6.54 Å². The fourth-order valence-corrected chi connectivity index (χ4v) is 5.23. The van der Waals surface area contributed by atoms with Gasteiger partial charge in [-0.25, -0.2) is 13.1 Å². The molecule has 0 saturated heterocycles. The van der Waals surface area contributed by atoms with Gasteiger partial charge >= 0.3 is 19.7 Å². The summed E-state index contributed by atoms with van der Waals surface area (Å²) in [5.74, 6) is -1.85. The first kappa shape index (κ1) is 31.0. The Morgan fingerprint density at radius 2 is 1.63 bits per heavy atom. The first-order chi connectivity index (χ1) is 16.1. The maximum atomic E-state index is 13.2. The average molecular weight is 547 g/mol.